The summed E-state index contributed by atoms with van der Waals surface area (Å²) in [5.41, 5.74) is 15.6. The van der Waals surface area contributed by atoms with Crippen molar-refractivity contribution >= 4 is 28.9 Å². The number of aryl methyl sites for hydroxylation is 1. The Kier molecular flexibility index (Phi) is 3.47. The van der Waals surface area contributed by atoms with Crippen LogP contribution in [0.3, 0.4) is 0 Å². The SMILES string of the molecule is NC(=O)c1ccc(Cl)c(NC2CCc3cc(N)ccc32)c1. The predicted octanol–water partition coefficient (Wildman–Crippen LogP) is 3.12. The molecule has 0 fully saturated rings. The van der Waals surface area contributed by atoms with Crippen molar-refractivity contribution in [3.8, 4) is 0 Å². The van der Waals surface area contributed by atoms with E-state index >= 15 is 0 Å². The fourth-order valence-electron chi connectivity index (χ4n) is 2.76. The number of nitrogens with one attached hydrogen (secondary N) is 1. The van der Waals surface area contributed by atoms with E-state index in [0.717, 1.165) is 24.2 Å². The largest absolute Gasteiger partial charge is 0.399 e. The molecule has 1 aliphatic carbocycles. The normalized spacial score (nSPS) is 16.5. The van der Waals surface area contributed by atoms with Crippen molar-refractivity contribution in [2.24, 2.45) is 5.73 Å². The highest BCUT2D eigenvalue weighted by Gasteiger charge is 2.23. The number of anilines is 2. The number of benzene rings is 2. The molecule has 1 unspecified atom stereocenters. The minimum absolute atomic E-state index is 0.168. The summed E-state index contributed by atoms with van der Waals surface area (Å²) in [5.74, 6) is -0.464. The first kappa shape index (κ1) is 13.8. The molecule has 1 atom stereocenters. The maximum atomic E-state index is 11.3. The Morgan fingerprint density at radius 1 is 1.24 bits per heavy atom. The molecule has 0 aromatic heterocycles. The standard InChI is InChI=1S/C16H16ClN3O/c17-13-5-1-10(16(19)21)8-15(13)20-14-6-2-9-7-11(18)3-4-12(9)14/h1,3-5,7-8,14,20H,2,6,18H2,(H2,19,21). The molecule has 1 amide bonds. The molecule has 4 nitrogen and oxygen atoms in total. The summed E-state index contributed by atoms with van der Waals surface area (Å²) in [6.07, 6.45) is 1.95. The lowest BCUT2D eigenvalue weighted by Gasteiger charge is -2.17. The van der Waals surface area contributed by atoms with Crippen molar-refractivity contribution in [3.63, 3.8) is 0 Å². The van der Waals surface area contributed by atoms with Crippen LogP contribution in [0.5, 0.6) is 0 Å². The molecule has 0 radical (unpaired) electrons. The number of halogens is 1. The van der Waals surface area contributed by atoms with Gasteiger partial charge in [-0.3, -0.25) is 4.79 Å². The topological polar surface area (TPSA) is 81.1 Å². The number of hydrogen-bond donors (Lipinski definition) is 3. The molecule has 5 N–H and O–H groups in total. The van der Waals surface area contributed by atoms with Gasteiger partial charge >= 0.3 is 0 Å². The van der Waals surface area contributed by atoms with E-state index in [9.17, 15) is 4.79 Å². The van der Waals surface area contributed by atoms with Crippen LogP contribution < -0.4 is 16.8 Å². The predicted molar refractivity (Wildman–Crippen MR) is 85.5 cm³/mol. The van der Waals surface area contributed by atoms with Gasteiger partial charge in [0.25, 0.3) is 0 Å². The molecule has 21 heavy (non-hydrogen) atoms. The van der Waals surface area contributed by atoms with Crippen LogP contribution in [0.1, 0.15) is 33.9 Å². The molecule has 5 heteroatoms. The van der Waals surface area contributed by atoms with E-state index in [2.05, 4.69) is 5.32 Å². The minimum atomic E-state index is -0.464. The van der Waals surface area contributed by atoms with Gasteiger partial charge < -0.3 is 16.8 Å². The van der Waals surface area contributed by atoms with Crippen LogP contribution in [-0.2, 0) is 6.42 Å². The lowest BCUT2D eigenvalue weighted by atomic mass is 10.1. The van der Waals surface area contributed by atoms with Crippen LogP contribution in [0.4, 0.5) is 11.4 Å². The van der Waals surface area contributed by atoms with E-state index in [1.807, 2.05) is 18.2 Å². The van der Waals surface area contributed by atoms with Crippen molar-refractivity contribution in [1.82, 2.24) is 0 Å². The number of rotatable bonds is 3. The van der Waals surface area contributed by atoms with Gasteiger partial charge in [0.05, 0.1) is 16.8 Å². The number of nitrogen functional groups attached to an aromatic ring is 1. The van der Waals surface area contributed by atoms with Crippen LogP contribution in [0, 0.1) is 0 Å². The highest BCUT2D eigenvalue weighted by atomic mass is 35.5. The van der Waals surface area contributed by atoms with Crippen LogP contribution in [0.2, 0.25) is 5.02 Å². The van der Waals surface area contributed by atoms with E-state index < -0.39 is 5.91 Å². The zero-order valence-electron chi connectivity index (χ0n) is 11.4. The summed E-state index contributed by atoms with van der Waals surface area (Å²) < 4.78 is 0. The van der Waals surface area contributed by atoms with E-state index in [1.165, 1.54) is 11.1 Å². The van der Waals surface area contributed by atoms with Gasteiger partial charge in [-0.1, -0.05) is 17.7 Å². The Hall–Kier alpha value is -2.20. The highest BCUT2D eigenvalue weighted by Crippen LogP contribution is 2.36. The number of primary amides is 1. The Morgan fingerprint density at radius 2 is 2.05 bits per heavy atom. The van der Waals surface area contributed by atoms with E-state index in [0.29, 0.717) is 10.6 Å². The van der Waals surface area contributed by atoms with Gasteiger partial charge in [0.1, 0.15) is 0 Å². The lowest BCUT2D eigenvalue weighted by molar-refractivity contribution is 0.100. The van der Waals surface area contributed by atoms with Crippen molar-refractivity contribution < 1.29 is 4.79 Å². The molecule has 0 aliphatic heterocycles. The number of carbonyl (C=O) groups is 1. The molecule has 2 aromatic carbocycles. The maximum absolute atomic E-state index is 11.3. The monoisotopic (exact) mass is 301 g/mol. The minimum Gasteiger partial charge on any atom is -0.399 e. The van der Waals surface area contributed by atoms with Gasteiger partial charge in [0, 0.05) is 11.3 Å². The second-order valence-electron chi connectivity index (χ2n) is 5.25. The lowest BCUT2D eigenvalue weighted by Crippen LogP contribution is -2.12. The first-order valence-corrected chi connectivity index (χ1v) is 7.16. The molecule has 0 saturated carbocycles. The number of carbonyl (C=O) groups excluding carboxylic acids is 1. The Labute approximate surface area is 128 Å². The summed E-state index contributed by atoms with van der Waals surface area (Å²) in [6, 6.07) is 11.1. The first-order chi connectivity index (χ1) is 10.0. The summed E-state index contributed by atoms with van der Waals surface area (Å²) in [4.78, 5) is 11.3. The van der Waals surface area contributed by atoms with Crippen molar-refractivity contribution in [2.75, 3.05) is 11.1 Å². The molecular formula is C16H16ClN3O. The van der Waals surface area contributed by atoms with Gasteiger partial charge in [0.2, 0.25) is 5.91 Å². The number of hydrogen-bond acceptors (Lipinski definition) is 3. The molecule has 1 aliphatic rings. The molecule has 0 saturated heterocycles. The smallest absolute Gasteiger partial charge is 0.248 e. The fourth-order valence-corrected chi connectivity index (χ4v) is 2.94. The van der Waals surface area contributed by atoms with Crippen molar-refractivity contribution in [3.05, 3.63) is 58.1 Å². The highest BCUT2D eigenvalue weighted by molar-refractivity contribution is 6.33. The quantitative estimate of drug-likeness (QED) is 0.762. The third-order valence-electron chi connectivity index (χ3n) is 3.83. The number of nitrogens with two attached hydrogens (primary N) is 2. The zero-order valence-corrected chi connectivity index (χ0v) is 12.2. The van der Waals surface area contributed by atoms with E-state index in [4.69, 9.17) is 23.1 Å². The summed E-state index contributed by atoms with van der Waals surface area (Å²) in [7, 11) is 0. The van der Waals surface area contributed by atoms with Crippen LogP contribution in [-0.4, -0.2) is 5.91 Å². The van der Waals surface area contributed by atoms with Crippen LogP contribution in [0.25, 0.3) is 0 Å². The average Bonchev–Trinajstić information content (AvgIpc) is 2.83. The Bertz CT molecular complexity index is 715. The molecule has 0 heterocycles. The molecular weight excluding hydrogens is 286 g/mol. The van der Waals surface area contributed by atoms with Gasteiger partial charge in [0.15, 0.2) is 0 Å². The summed E-state index contributed by atoms with van der Waals surface area (Å²) in [6.45, 7) is 0. The van der Waals surface area contributed by atoms with Gasteiger partial charge in [-0.25, -0.2) is 0 Å². The van der Waals surface area contributed by atoms with Gasteiger partial charge in [-0.2, -0.15) is 0 Å². The number of fused-ring (bicyclic) bond motifs is 1. The Morgan fingerprint density at radius 3 is 2.81 bits per heavy atom. The van der Waals surface area contributed by atoms with Gasteiger partial charge in [-0.05, 0) is 54.3 Å². The molecule has 0 spiro atoms. The fraction of sp³-hybridized carbons (Fsp3) is 0.188. The molecule has 3 rings (SSSR count). The molecule has 0 bridgehead atoms. The van der Waals surface area contributed by atoms with Crippen molar-refractivity contribution in [1.29, 1.82) is 0 Å². The summed E-state index contributed by atoms with van der Waals surface area (Å²) >= 11 is 6.20. The first-order valence-electron chi connectivity index (χ1n) is 6.79. The van der Waals surface area contributed by atoms with Crippen LogP contribution >= 0.6 is 11.6 Å². The third-order valence-corrected chi connectivity index (χ3v) is 4.15. The maximum Gasteiger partial charge on any atom is 0.248 e. The number of amides is 1. The Balaban J connectivity index is 1.89. The average molecular weight is 302 g/mol. The second-order valence-corrected chi connectivity index (χ2v) is 5.66. The van der Waals surface area contributed by atoms with Crippen LogP contribution in [0.15, 0.2) is 36.4 Å². The van der Waals surface area contributed by atoms with E-state index in [1.54, 1.807) is 18.2 Å². The molecule has 108 valence electrons. The zero-order chi connectivity index (χ0) is 15.0. The summed E-state index contributed by atoms with van der Waals surface area (Å²) in [5, 5.41) is 3.97. The van der Waals surface area contributed by atoms with E-state index in [-0.39, 0.29) is 6.04 Å². The van der Waals surface area contributed by atoms with Gasteiger partial charge in [-0.15, -0.1) is 0 Å². The second kappa shape index (κ2) is 5.30. The molecule has 2 aromatic rings. The third kappa shape index (κ3) is 2.67. The van der Waals surface area contributed by atoms with Crippen molar-refractivity contribution in [2.45, 2.75) is 18.9 Å².